The van der Waals surface area contributed by atoms with Gasteiger partial charge in [0.2, 0.25) is 0 Å². The Bertz CT molecular complexity index is 739. The van der Waals surface area contributed by atoms with E-state index in [2.05, 4.69) is 60.5 Å². The molecule has 2 aromatic rings. The quantitative estimate of drug-likeness (QED) is 0.740. The summed E-state index contributed by atoms with van der Waals surface area (Å²) in [5.41, 5.74) is 5.21. The molecule has 4 heteroatoms. The van der Waals surface area contributed by atoms with Crippen LogP contribution in [0.3, 0.4) is 0 Å². The molecular formula is C23H32N2O2. The predicted octanol–water partition coefficient (Wildman–Crippen LogP) is 4.57. The maximum absolute atomic E-state index is 5.86. The zero-order chi connectivity index (χ0) is 19.2. The van der Waals surface area contributed by atoms with Crippen molar-refractivity contribution in [3.63, 3.8) is 0 Å². The van der Waals surface area contributed by atoms with E-state index in [1.807, 2.05) is 13.8 Å². The highest BCUT2D eigenvalue weighted by Gasteiger charge is 2.24. The number of benzene rings is 2. The van der Waals surface area contributed by atoms with E-state index in [0.29, 0.717) is 13.2 Å². The predicted molar refractivity (Wildman–Crippen MR) is 112 cm³/mol. The molecule has 1 aliphatic rings. The molecule has 2 aromatic carbocycles. The van der Waals surface area contributed by atoms with Crippen molar-refractivity contribution in [3.8, 4) is 11.5 Å². The molecule has 1 aliphatic heterocycles. The van der Waals surface area contributed by atoms with E-state index >= 15 is 0 Å². The Hall–Kier alpha value is -2.20. The van der Waals surface area contributed by atoms with Crippen molar-refractivity contribution in [3.05, 3.63) is 53.1 Å². The van der Waals surface area contributed by atoms with Crippen LogP contribution in [0.4, 0.5) is 5.69 Å². The molecule has 0 radical (unpaired) electrons. The second-order valence-corrected chi connectivity index (χ2v) is 6.76. The molecule has 4 nitrogen and oxygen atoms in total. The molecule has 27 heavy (non-hydrogen) atoms. The molecule has 0 saturated heterocycles. The lowest BCUT2D eigenvalue weighted by molar-refractivity contribution is 0.286. The van der Waals surface area contributed by atoms with E-state index in [1.165, 1.54) is 22.4 Å². The molecule has 146 valence electrons. The standard InChI is InChI=1S/C23H32N2O2/c1-5-25(6-2)19-11-9-17(10-12-19)23-20-16-22(27-8-4)21(26-7-3)15-18(20)13-14-24-23/h9-12,15-16,23-24H,5-8,13-14H2,1-4H3. The van der Waals surface area contributed by atoms with E-state index in [4.69, 9.17) is 9.47 Å². The molecule has 3 rings (SSSR count). The van der Waals surface area contributed by atoms with Gasteiger partial charge in [-0.05, 0) is 75.1 Å². The van der Waals surface area contributed by atoms with Crippen LogP contribution in [0.5, 0.6) is 11.5 Å². The molecule has 0 saturated carbocycles. The Balaban J connectivity index is 1.94. The molecule has 0 amide bonds. The topological polar surface area (TPSA) is 33.7 Å². The van der Waals surface area contributed by atoms with Gasteiger partial charge in [-0.3, -0.25) is 0 Å². The SMILES string of the molecule is CCOc1cc2c(cc1OCC)C(c1ccc(N(CC)CC)cc1)NCC2. The first-order valence-electron chi connectivity index (χ1n) is 10.2. The number of nitrogens with one attached hydrogen (secondary N) is 1. The number of hydrogen-bond acceptors (Lipinski definition) is 4. The molecule has 0 bridgehead atoms. The minimum absolute atomic E-state index is 0.189. The average Bonchev–Trinajstić information content (AvgIpc) is 2.70. The maximum Gasteiger partial charge on any atom is 0.161 e. The fourth-order valence-electron chi connectivity index (χ4n) is 3.86. The van der Waals surface area contributed by atoms with Crippen LogP contribution in [0.15, 0.2) is 36.4 Å². The van der Waals surface area contributed by atoms with Gasteiger partial charge in [-0.1, -0.05) is 12.1 Å². The van der Waals surface area contributed by atoms with Crippen LogP contribution in [0.1, 0.15) is 50.4 Å². The molecule has 1 N–H and O–H groups in total. The van der Waals surface area contributed by atoms with Crippen LogP contribution in [0.2, 0.25) is 0 Å². The second kappa shape index (κ2) is 9.14. The number of nitrogens with zero attached hydrogens (tertiary/aromatic N) is 1. The Labute approximate surface area is 163 Å². The largest absolute Gasteiger partial charge is 0.490 e. The average molecular weight is 369 g/mol. The lowest BCUT2D eigenvalue weighted by atomic mass is 9.89. The van der Waals surface area contributed by atoms with Crippen LogP contribution < -0.4 is 19.7 Å². The summed E-state index contributed by atoms with van der Waals surface area (Å²) >= 11 is 0. The Morgan fingerprint density at radius 3 is 2.15 bits per heavy atom. The minimum Gasteiger partial charge on any atom is -0.490 e. The van der Waals surface area contributed by atoms with Crippen molar-refractivity contribution in [1.82, 2.24) is 5.32 Å². The molecule has 1 atom stereocenters. The number of anilines is 1. The first-order chi connectivity index (χ1) is 13.2. The van der Waals surface area contributed by atoms with Crippen molar-refractivity contribution in [2.24, 2.45) is 0 Å². The third-order valence-electron chi connectivity index (χ3n) is 5.21. The Morgan fingerprint density at radius 2 is 1.56 bits per heavy atom. The van der Waals surface area contributed by atoms with Crippen LogP contribution in [-0.4, -0.2) is 32.8 Å². The van der Waals surface area contributed by atoms with Crippen LogP contribution in [0, 0.1) is 0 Å². The second-order valence-electron chi connectivity index (χ2n) is 6.76. The minimum atomic E-state index is 0.189. The summed E-state index contributed by atoms with van der Waals surface area (Å²) in [7, 11) is 0. The molecule has 0 aromatic heterocycles. The number of hydrogen-bond donors (Lipinski definition) is 1. The van der Waals surface area contributed by atoms with Crippen LogP contribution in [0.25, 0.3) is 0 Å². The van der Waals surface area contributed by atoms with Crippen molar-refractivity contribution in [2.45, 2.75) is 40.2 Å². The first kappa shape index (κ1) is 19.6. The van der Waals surface area contributed by atoms with Gasteiger partial charge in [0.1, 0.15) is 0 Å². The number of rotatable bonds is 8. The van der Waals surface area contributed by atoms with Crippen LogP contribution in [-0.2, 0) is 6.42 Å². The van der Waals surface area contributed by atoms with Gasteiger partial charge < -0.3 is 19.7 Å². The summed E-state index contributed by atoms with van der Waals surface area (Å²) in [6, 6.07) is 13.5. The third-order valence-corrected chi connectivity index (χ3v) is 5.21. The van der Waals surface area contributed by atoms with E-state index in [9.17, 15) is 0 Å². The monoisotopic (exact) mass is 368 g/mol. The summed E-state index contributed by atoms with van der Waals surface area (Å²) in [6.45, 7) is 12.7. The van der Waals surface area contributed by atoms with Gasteiger partial charge in [0, 0.05) is 25.3 Å². The Kier molecular flexibility index (Phi) is 6.62. The summed E-state index contributed by atoms with van der Waals surface area (Å²) in [5, 5.41) is 3.68. The molecule has 0 aliphatic carbocycles. The fraction of sp³-hybridized carbons (Fsp3) is 0.478. The summed E-state index contributed by atoms with van der Waals surface area (Å²) in [4.78, 5) is 2.37. The molecule has 1 heterocycles. The fourth-order valence-corrected chi connectivity index (χ4v) is 3.86. The number of ether oxygens (including phenoxy) is 2. The molecule has 1 unspecified atom stereocenters. The van der Waals surface area contributed by atoms with Gasteiger partial charge in [-0.2, -0.15) is 0 Å². The van der Waals surface area contributed by atoms with Crippen molar-refractivity contribution < 1.29 is 9.47 Å². The van der Waals surface area contributed by atoms with Crippen LogP contribution >= 0.6 is 0 Å². The van der Waals surface area contributed by atoms with Crippen molar-refractivity contribution >= 4 is 5.69 Å². The Morgan fingerprint density at radius 1 is 0.926 bits per heavy atom. The normalized spacial score (nSPS) is 15.9. The smallest absolute Gasteiger partial charge is 0.161 e. The van der Waals surface area contributed by atoms with Gasteiger partial charge >= 0.3 is 0 Å². The zero-order valence-corrected chi connectivity index (χ0v) is 17.0. The third kappa shape index (κ3) is 4.22. The van der Waals surface area contributed by atoms with Gasteiger partial charge in [0.15, 0.2) is 11.5 Å². The van der Waals surface area contributed by atoms with Crippen molar-refractivity contribution in [1.29, 1.82) is 0 Å². The van der Waals surface area contributed by atoms with Gasteiger partial charge in [-0.15, -0.1) is 0 Å². The summed E-state index contributed by atoms with van der Waals surface area (Å²) < 4.78 is 11.7. The first-order valence-corrected chi connectivity index (χ1v) is 10.2. The van der Waals surface area contributed by atoms with E-state index in [0.717, 1.165) is 37.6 Å². The number of fused-ring (bicyclic) bond motifs is 1. The highest BCUT2D eigenvalue weighted by Crippen LogP contribution is 2.38. The summed E-state index contributed by atoms with van der Waals surface area (Å²) in [6.07, 6.45) is 1.01. The van der Waals surface area contributed by atoms with E-state index in [1.54, 1.807) is 0 Å². The molecule has 0 spiro atoms. The van der Waals surface area contributed by atoms with Gasteiger partial charge in [0.25, 0.3) is 0 Å². The lowest BCUT2D eigenvalue weighted by Crippen LogP contribution is -2.30. The lowest BCUT2D eigenvalue weighted by Gasteiger charge is -2.29. The molecular weight excluding hydrogens is 336 g/mol. The van der Waals surface area contributed by atoms with E-state index in [-0.39, 0.29) is 6.04 Å². The van der Waals surface area contributed by atoms with Gasteiger partial charge in [-0.25, -0.2) is 0 Å². The molecule has 0 fully saturated rings. The maximum atomic E-state index is 5.86. The zero-order valence-electron chi connectivity index (χ0n) is 17.0. The highest BCUT2D eigenvalue weighted by molar-refractivity contribution is 5.53. The van der Waals surface area contributed by atoms with E-state index < -0.39 is 0 Å². The summed E-state index contributed by atoms with van der Waals surface area (Å²) in [5.74, 6) is 1.70. The van der Waals surface area contributed by atoms with Gasteiger partial charge in [0.05, 0.1) is 19.3 Å². The van der Waals surface area contributed by atoms with Crippen molar-refractivity contribution in [2.75, 3.05) is 37.7 Å². The highest BCUT2D eigenvalue weighted by atomic mass is 16.5.